The number of alkyl halides is 3. The van der Waals surface area contributed by atoms with E-state index in [0.29, 0.717) is 0 Å². The van der Waals surface area contributed by atoms with Gasteiger partial charge in [-0.05, 0) is 17.7 Å². The molecule has 1 heterocycles. The molecule has 1 aliphatic heterocycles. The van der Waals surface area contributed by atoms with Crippen molar-refractivity contribution in [3.05, 3.63) is 35.4 Å². The maximum Gasteiger partial charge on any atom is 0.416 e. The van der Waals surface area contributed by atoms with Crippen LogP contribution in [-0.2, 0) is 10.9 Å². The summed E-state index contributed by atoms with van der Waals surface area (Å²) in [5.74, 6) is 0. The molecule has 1 aliphatic rings. The molecule has 1 aromatic carbocycles. The fourth-order valence-corrected chi connectivity index (χ4v) is 2.01. The van der Waals surface area contributed by atoms with Crippen molar-refractivity contribution in [3.63, 3.8) is 0 Å². The SMILES string of the molecule is CN1C(=O)OC(c2cccc(C(F)(F)F)c2)C1CO. The first kappa shape index (κ1) is 13.7. The fourth-order valence-electron chi connectivity index (χ4n) is 2.01. The summed E-state index contributed by atoms with van der Waals surface area (Å²) in [4.78, 5) is 12.6. The van der Waals surface area contributed by atoms with Crippen LogP contribution >= 0.6 is 0 Å². The predicted molar refractivity (Wildman–Crippen MR) is 59.3 cm³/mol. The third kappa shape index (κ3) is 2.51. The quantitative estimate of drug-likeness (QED) is 0.900. The van der Waals surface area contributed by atoms with Crippen LogP contribution in [0.5, 0.6) is 0 Å². The summed E-state index contributed by atoms with van der Waals surface area (Å²) in [5, 5.41) is 9.22. The van der Waals surface area contributed by atoms with Crippen LogP contribution in [0.2, 0.25) is 0 Å². The number of aliphatic hydroxyl groups excluding tert-OH is 1. The summed E-state index contributed by atoms with van der Waals surface area (Å²) in [6.07, 6.45) is -6.02. The number of rotatable bonds is 2. The van der Waals surface area contributed by atoms with Crippen LogP contribution < -0.4 is 0 Å². The summed E-state index contributed by atoms with van der Waals surface area (Å²) in [6.45, 7) is -0.386. The van der Waals surface area contributed by atoms with Gasteiger partial charge in [-0.25, -0.2) is 4.79 Å². The van der Waals surface area contributed by atoms with E-state index in [1.807, 2.05) is 0 Å². The van der Waals surface area contributed by atoms with E-state index < -0.39 is 30.0 Å². The highest BCUT2D eigenvalue weighted by Crippen LogP contribution is 2.35. The number of carbonyl (C=O) groups is 1. The highest BCUT2D eigenvalue weighted by Gasteiger charge is 2.41. The van der Waals surface area contributed by atoms with Crippen LogP contribution in [0.1, 0.15) is 17.2 Å². The number of cyclic esters (lactones) is 1. The molecule has 2 atom stereocenters. The molecule has 2 unspecified atom stereocenters. The standard InChI is InChI=1S/C12H12F3NO3/c1-16-9(6-17)10(19-11(16)18)7-3-2-4-8(5-7)12(13,14)15/h2-5,9-10,17H,6H2,1H3. The third-order valence-corrected chi connectivity index (χ3v) is 3.09. The van der Waals surface area contributed by atoms with E-state index in [-0.39, 0.29) is 12.2 Å². The topological polar surface area (TPSA) is 49.8 Å². The Morgan fingerprint density at radius 1 is 1.42 bits per heavy atom. The van der Waals surface area contributed by atoms with Crippen LogP contribution in [0, 0.1) is 0 Å². The Hall–Kier alpha value is -1.76. The Bertz CT molecular complexity index is 489. The van der Waals surface area contributed by atoms with Gasteiger partial charge in [0.1, 0.15) is 0 Å². The molecule has 1 saturated heterocycles. The number of hydrogen-bond donors (Lipinski definition) is 1. The molecular weight excluding hydrogens is 263 g/mol. The van der Waals surface area contributed by atoms with E-state index >= 15 is 0 Å². The molecule has 0 bridgehead atoms. The van der Waals surface area contributed by atoms with Crippen LogP contribution in [0.15, 0.2) is 24.3 Å². The summed E-state index contributed by atoms with van der Waals surface area (Å²) in [7, 11) is 1.43. The second-order valence-electron chi connectivity index (χ2n) is 4.29. The average Bonchev–Trinajstić information content (AvgIpc) is 2.64. The van der Waals surface area contributed by atoms with Gasteiger partial charge in [0, 0.05) is 7.05 Å². The largest absolute Gasteiger partial charge is 0.439 e. The van der Waals surface area contributed by atoms with Crippen LogP contribution in [-0.4, -0.2) is 35.8 Å². The number of halogens is 3. The van der Waals surface area contributed by atoms with Crippen molar-refractivity contribution in [2.45, 2.75) is 18.3 Å². The Morgan fingerprint density at radius 3 is 2.68 bits per heavy atom. The summed E-state index contributed by atoms with van der Waals surface area (Å²) in [5.41, 5.74) is -0.598. The maximum absolute atomic E-state index is 12.6. The first-order valence-electron chi connectivity index (χ1n) is 5.56. The van der Waals surface area contributed by atoms with Gasteiger partial charge in [0.25, 0.3) is 0 Å². The Labute approximate surface area is 107 Å². The van der Waals surface area contributed by atoms with Gasteiger partial charge < -0.3 is 14.7 Å². The van der Waals surface area contributed by atoms with Crippen molar-refractivity contribution < 1.29 is 27.8 Å². The molecule has 4 nitrogen and oxygen atoms in total. The molecule has 0 aliphatic carbocycles. The number of likely N-dealkylation sites (N-methyl/N-ethyl adjacent to an activating group) is 1. The van der Waals surface area contributed by atoms with Crippen LogP contribution in [0.25, 0.3) is 0 Å². The molecule has 0 aromatic heterocycles. The molecule has 0 radical (unpaired) electrons. The first-order valence-corrected chi connectivity index (χ1v) is 5.56. The monoisotopic (exact) mass is 275 g/mol. The second kappa shape index (κ2) is 4.73. The minimum atomic E-state index is -4.46. The van der Waals surface area contributed by atoms with Gasteiger partial charge >= 0.3 is 12.3 Å². The maximum atomic E-state index is 12.6. The summed E-state index contributed by atoms with van der Waals surface area (Å²) >= 11 is 0. The van der Waals surface area contributed by atoms with E-state index in [2.05, 4.69) is 0 Å². The highest BCUT2D eigenvalue weighted by molar-refractivity contribution is 5.70. The molecule has 0 spiro atoms. The van der Waals surface area contributed by atoms with E-state index in [1.165, 1.54) is 24.1 Å². The van der Waals surface area contributed by atoms with Crippen LogP contribution in [0.4, 0.5) is 18.0 Å². The van der Waals surface area contributed by atoms with Gasteiger partial charge in [-0.2, -0.15) is 13.2 Å². The Kier molecular flexibility index (Phi) is 3.40. The molecule has 1 fully saturated rings. The lowest BCUT2D eigenvalue weighted by Crippen LogP contribution is -2.33. The van der Waals surface area contributed by atoms with Crippen molar-refractivity contribution in [2.75, 3.05) is 13.7 Å². The molecule has 1 amide bonds. The number of aliphatic hydroxyl groups is 1. The molecule has 2 rings (SSSR count). The minimum Gasteiger partial charge on any atom is -0.439 e. The molecule has 19 heavy (non-hydrogen) atoms. The number of hydrogen-bond acceptors (Lipinski definition) is 3. The van der Waals surface area contributed by atoms with E-state index in [4.69, 9.17) is 4.74 Å². The van der Waals surface area contributed by atoms with Gasteiger partial charge in [-0.1, -0.05) is 12.1 Å². The van der Waals surface area contributed by atoms with Crippen LogP contribution in [0.3, 0.4) is 0 Å². The zero-order chi connectivity index (χ0) is 14.2. The molecule has 1 aromatic rings. The second-order valence-corrected chi connectivity index (χ2v) is 4.29. The smallest absolute Gasteiger partial charge is 0.416 e. The van der Waals surface area contributed by atoms with Crippen molar-refractivity contribution in [3.8, 4) is 0 Å². The number of ether oxygens (including phenoxy) is 1. The Morgan fingerprint density at radius 2 is 2.11 bits per heavy atom. The molecule has 7 heteroatoms. The number of nitrogens with zero attached hydrogens (tertiary/aromatic N) is 1. The van der Waals surface area contributed by atoms with Gasteiger partial charge in [0.2, 0.25) is 0 Å². The van der Waals surface area contributed by atoms with Gasteiger partial charge in [-0.3, -0.25) is 0 Å². The normalized spacial score (nSPS) is 23.6. The lowest BCUT2D eigenvalue weighted by atomic mass is 10.0. The number of carbonyl (C=O) groups excluding carboxylic acids is 1. The van der Waals surface area contributed by atoms with Crippen molar-refractivity contribution in [1.29, 1.82) is 0 Å². The van der Waals surface area contributed by atoms with Gasteiger partial charge in [0.15, 0.2) is 6.10 Å². The van der Waals surface area contributed by atoms with Crippen molar-refractivity contribution >= 4 is 6.09 Å². The number of amides is 1. The average molecular weight is 275 g/mol. The number of benzene rings is 1. The van der Waals surface area contributed by atoms with Gasteiger partial charge in [-0.15, -0.1) is 0 Å². The Balaban J connectivity index is 2.34. The molecular formula is C12H12F3NO3. The molecule has 0 saturated carbocycles. The van der Waals surface area contributed by atoms with Gasteiger partial charge in [0.05, 0.1) is 18.2 Å². The van der Waals surface area contributed by atoms with Crippen molar-refractivity contribution in [1.82, 2.24) is 4.90 Å². The van der Waals surface area contributed by atoms with E-state index in [0.717, 1.165) is 12.1 Å². The lowest BCUT2D eigenvalue weighted by molar-refractivity contribution is -0.137. The zero-order valence-corrected chi connectivity index (χ0v) is 10.0. The highest BCUT2D eigenvalue weighted by atomic mass is 19.4. The van der Waals surface area contributed by atoms with E-state index in [9.17, 15) is 23.1 Å². The third-order valence-electron chi connectivity index (χ3n) is 3.09. The lowest BCUT2D eigenvalue weighted by Gasteiger charge is -2.19. The first-order chi connectivity index (χ1) is 8.84. The molecule has 1 N–H and O–H groups in total. The van der Waals surface area contributed by atoms with E-state index in [1.54, 1.807) is 0 Å². The summed E-state index contributed by atoms with van der Waals surface area (Å²) < 4.78 is 42.8. The zero-order valence-electron chi connectivity index (χ0n) is 10.0. The fraction of sp³-hybridized carbons (Fsp3) is 0.417. The molecule has 104 valence electrons. The summed E-state index contributed by atoms with van der Waals surface area (Å²) in [6, 6.07) is 3.88. The predicted octanol–water partition coefficient (Wildman–Crippen LogP) is 2.19. The minimum absolute atomic E-state index is 0.214. The van der Waals surface area contributed by atoms with Crippen molar-refractivity contribution in [2.24, 2.45) is 0 Å².